The molecule has 0 aliphatic carbocycles. The standard InChI is InChI=1S/C11H13N3O/c12-11-7-3-1-2-6-10-15-14-13-9-5-4-8-11/h1-10,14H,12H2. The van der Waals surface area contributed by atoms with E-state index >= 15 is 0 Å². The summed E-state index contributed by atoms with van der Waals surface area (Å²) in [6, 6.07) is 0. The van der Waals surface area contributed by atoms with Crippen LogP contribution in [-0.4, -0.2) is 6.21 Å². The molecule has 0 aromatic carbocycles. The number of nitrogens with zero attached hydrogens (tertiary/aromatic N) is 1. The van der Waals surface area contributed by atoms with Crippen LogP contribution in [0.15, 0.2) is 65.7 Å². The van der Waals surface area contributed by atoms with Crippen molar-refractivity contribution in [1.29, 1.82) is 0 Å². The minimum Gasteiger partial charge on any atom is -0.399 e. The number of hydrogen-bond acceptors (Lipinski definition) is 4. The molecule has 0 bridgehead atoms. The summed E-state index contributed by atoms with van der Waals surface area (Å²) < 4.78 is 0. The Balaban J connectivity index is 2.68. The van der Waals surface area contributed by atoms with Crippen molar-refractivity contribution in [3.05, 3.63) is 60.6 Å². The zero-order valence-electron chi connectivity index (χ0n) is 8.21. The fourth-order valence-electron chi connectivity index (χ4n) is 0.786. The molecule has 0 aromatic rings. The van der Waals surface area contributed by atoms with Gasteiger partial charge in [0.25, 0.3) is 0 Å². The Morgan fingerprint density at radius 2 is 1.93 bits per heavy atom. The largest absolute Gasteiger partial charge is 0.399 e. The number of hydrogen-bond donors (Lipinski definition) is 2. The average Bonchev–Trinajstić information content (AvgIpc) is 2.24. The maximum absolute atomic E-state index is 5.67. The van der Waals surface area contributed by atoms with E-state index in [0.29, 0.717) is 5.70 Å². The van der Waals surface area contributed by atoms with Crippen molar-refractivity contribution in [3.63, 3.8) is 0 Å². The Morgan fingerprint density at radius 3 is 2.87 bits per heavy atom. The third kappa shape index (κ3) is 5.93. The molecule has 15 heavy (non-hydrogen) atoms. The molecule has 1 aliphatic heterocycles. The molecule has 0 radical (unpaired) electrons. The van der Waals surface area contributed by atoms with E-state index in [2.05, 4.69) is 10.7 Å². The number of rotatable bonds is 0. The van der Waals surface area contributed by atoms with Crippen molar-refractivity contribution < 1.29 is 4.84 Å². The quantitative estimate of drug-likeness (QED) is 0.627. The van der Waals surface area contributed by atoms with Crippen molar-refractivity contribution in [3.8, 4) is 0 Å². The minimum absolute atomic E-state index is 0.676. The lowest BCUT2D eigenvalue weighted by atomic mass is 10.3. The van der Waals surface area contributed by atoms with Gasteiger partial charge >= 0.3 is 0 Å². The molecule has 1 rings (SSSR count). The summed E-state index contributed by atoms with van der Waals surface area (Å²) in [5.41, 5.74) is 8.72. The van der Waals surface area contributed by atoms with E-state index in [-0.39, 0.29) is 0 Å². The lowest BCUT2D eigenvalue weighted by molar-refractivity contribution is 0.139. The second-order valence-corrected chi connectivity index (χ2v) is 2.61. The maximum Gasteiger partial charge on any atom is 0.121 e. The highest BCUT2D eigenvalue weighted by molar-refractivity contribution is 5.71. The molecule has 1 heterocycles. The van der Waals surface area contributed by atoms with Gasteiger partial charge in [0.2, 0.25) is 0 Å². The third-order valence-electron chi connectivity index (χ3n) is 1.43. The third-order valence-corrected chi connectivity index (χ3v) is 1.43. The predicted molar refractivity (Wildman–Crippen MR) is 61.5 cm³/mol. The molecule has 0 aromatic heterocycles. The fraction of sp³-hybridized carbons (Fsp3) is 0. The van der Waals surface area contributed by atoms with Crippen LogP contribution in [0.3, 0.4) is 0 Å². The number of allylic oxidation sites excluding steroid dienone is 8. The highest BCUT2D eigenvalue weighted by Crippen LogP contribution is 1.90. The van der Waals surface area contributed by atoms with Crippen LogP contribution < -0.4 is 11.3 Å². The van der Waals surface area contributed by atoms with Crippen molar-refractivity contribution in [2.45, 2.75) is 0 Å². The Kier molecular flexibility index (Phi) is 5.21. The van der Waals surface area contributed by atoms with Gasteiger partial charge in [-0.05, 0) is 24.3 Å². The van der Waals surface area contributed by atoms with E-state index in [0.717, 1.165) is 0 Å². The average molecular weight is 203 g/mol. The molecule has 1 aliphatic rings. The molecule has 78 valence electrons. The summed E-state index contributed by atoms with van der Waals surface area (Å²) in [5, 5.41) is 3.74. The Bertz CT molecular complexity index is 349. The summed E-state index contributed by atoms with van der Waals surface area (Å²) in [4.78, 5) is 4.82. The molecular formula is C11H13N3O. The van der Waals surface area contributed by atoms with Gasteiger partial charge < -0.3 is 10.6 Å². The molecule has 0 amide bonds. The molecule has 0 saturated heterocycles. The van der Waals surface area contributed by atoms with Crippen LogP contribution in [0.25, 0.3) is 0 Å². The van der Waals surface area contributed by atoms with Crippen LogP contribution in [0, 0.1) is 0 Å². The van der Waals surface area contributed by atoms with E-state index < -0.39 is 0 Å². The number of nitrogens with two attached hydrogens (primary N) is 1. The first-order valence-corrected chi connectivity index (χ1v) is 4.45. The number of nitrogens with one attached hydrogen (secondary N) is 1. The van der Waals surface area contributed by atoms with E-state index in [4.69, 9.17) is 10.6 Å². The van der Waals surface area contributed by atoms with E-state index in [1.807, 2.05) is 18.2 Å². The van der Waals surface area contributed by atoms with Crippen LogP contribution in [0.1, 0.15) is 0 Å². The van der Waals surface area contributed by atoms with Crippen molar-refractivity contribution in [2.24, 2.45) is 10.8 Å². The van der Waals surface area contributed by atoms with E-state index in [9.17, 15) is 0 Å². The van der Waals surface area contributed by atoms with Gasteiger partial charge in [0.05, 0.1) is 6.21 Å². The molecule has 0 spiro atoms. The Hall–Kier alpha value is -2.23. The Labute approximate surface area is 88.8 Å². The van der Waals surface area contributed by atoms with Crippen LogP contribution in [-0.2, 0) is 4.84 Å². The first-order chi connectivity index (χ1) is 7.39. The summed E-state index contributed by atoms with van der Waals surface area (Å²) in [6.45, 7) is 0. The van der Waals surface area contributed by atoms with Crippen LogP contribution in [0.4, 0.5) is 0 Å². The summed E-state index contributed by atoms with van der Waals surface area (Å²) in [5.74, 6) is 0. The SMILES string of the molecule is NC1=CC=CC=NNOC=CC=CC=C1. The zero-order valence-corrected chi connectivity index (χ0v) is 8.21. The molecular weight excluding hydrogens is 190 g/mol. The minimum atomic E-state index is 0.676. The molecule has 0 saturated carbocycles. The molecule has 4 heteroatoms. The van der Waals surface area contributed by atoms with Gasteiger partial charge in [-0.2, -0.15) is 5.10 Å². The second-order valence-electron chi connectivity index (χ2n) is 2.61. The number of hydrazone groups is 1. The van der Waals surface area contributed by atoms with Gasteiger partial charge in [0.15, 0.2) is 0 Å². The lowest BCUT2D eigenvalue weighted by Gasteiger charge is -1.93. The monoisotopic (exact) mass is 203 g/mol. The van der Waals surface area contributed by atoms with Gasteiger partial charge in [-0.25, -0.2) is 0 Å². The molecule has 3 N–H and O–H groups in total. The predicted octanol–water partition coefficient (Wildman–Crippen LogP) is 1.53. The fourth-order valence-corrected chi connectivity index (χ4v) is 0.786. The molecule has 0 atom stereocenters. The maximum atomic E-state index is 5.67. The van der Waals surface area contributed by atoms with Gasteiger partial charge in [0.1, 0.15) is 6.26 Å². The first-order valence-electron chi connectivity index (χ1n) is 4.45. The van der Waals surface area contributed by atoms with Crippen molar-refractivity contribution in [2.75, 3.05) is 0 Å². The van der Waals surface area contributed by atoms with E-state index in [1.54, 1.807) is 36.6 Å². The van der Waals surface area contributed by atoms with Crippen molar-refractivity contribution in [1.82, 2.24) is 5.59 Å². The smallest absolute Gasteiger partial charge is 0.121 e. The molecule has 0 unspecified atom stereocenters. The molecule has 4 nitrogen and oxygen atoms in total. The summed E-state index contributed by atoms with van der Waals surface area (Å²) in [6.07, 6.45) is 17.4. The van der Waals surface area contributed by atoms with E-state index in [1.165, 1.54) is 6.26 Å². The summed E-state index contributed by atoms with van der Waals surface area (Å²) >= 11 is 0. The Morgan fingerprint density at radius 1 is 1.07 bits per heavy atom. The highest BCUT2D eigenvalue weighted by Gasteiger charge is 1.77. The van der Waals surface area contributed by atoms with Crippen LogP contribution >= 0.6 is 0 Å². The normalized spacial score (nSPS) is 16.4. The highest BCUT2D eigenvalue weighted by atomic mass is 16.7. The van der Waals surface area contributed by atoms with Crippen LogP contribution in [0.2, 0.25) is 0 Å². The van der Waals surface area contributed by atoms with Gasteiger partial charge in [-0.15, -0.1) is 5.59 Å². The van der Waals surface area contributed by atoms with Gasteiger partial charge in [0, 0.05) is 5.70 Å². The summed E-state index contributed by atoms with van der Waals surface area (Å²) in [7, 11) is 0. The zero-order chi connectivity index (χ0) is 10.8. The first kappa shape index (κ1) is 10.8. The van der Waals surface area contributed by atoms with Gasteiger partial charge in [-0.3, -0.25) is 0 Å². The topological polar surface area (TPSA) is 59.6 Å². The van der Waals surface area contributed by atoms with Crippen molar-refractivity contribution >= 4 is 6.21 Å². The molecule has 0 fully saturated rings. The lowest BCUT2D eigenvalue weighted by Crippen LogP contribution is -2.00. The second kappa shape index (κ2) is 7.20. The van der Waals surface area contributed by atoms with Gasteiger partial charge in [-0.1, -0.05) is 24.3 Å². The van der Waals surface area contributed by atoms with Crippen LogP contribution in [0.5, 0.6) is 0 Å².